The van der Waals surface area contributed by atoms with Crippen LogP contribution in [-0.2, 0) is 14.8 Å². The summed E-state index contributed by atoms with van der Waals surface area (Å²) in [7, 11) is -3.46. The molecule has 98 valence electrons. The Morgan fingerprint density at radius 1 is 1.50 bits per heavy atom. The van der Waals surface area contributed by atoms with Gasteiger partial charge in [0.1, 0.15) is 4.21 Å². The van der Waals surface area contributed by atoms with Gasteiger partial charge in [-0.1, -0.05) is 0 Å². The zero-order valence-corrected chi connectivity index (χ0v) is 12.6. The molecule has 5 nitrogen and oxygen atoms in total. The number of rotatable bonds is 3. The minimum absolute atomic E-state index is 0.257. The van der Waals surface area contributed by atoms with Gasteiger partial charge in [0.15, 0.2) is 0 Å². The largest absolute Gasteiger partial charge is 0.252 e. The summed E-state index contributed by atoms with van der Waals surface area (Å²) in [5, 5.41) is 0. The first-order valence-corrected chi connectivity index (χ1v) is 8.41. The minimum Gasteiger partial charge on any atom is -0.211 e. The highest BCUT2D eigenvalue weighted by Gasteiger charge is 2.31. The summed E-state index contributed by atoms with van der Waals surface area (Å²) in [6, 6.07) is 3.02. The van der Waals surface area contributed by atoms with E-state index in [2.05, 4.69) is 20.9 Å². The normalized spacial score (nSPS) is 21.5. The van der Waals surface area contributed by atoms with E-state index in [1.165, 1.54) is 21.7 Å². The van der Waals surface area contributed by atoms with Crippen molar-refractivity contribution in [3.05, 3.63) is 15.9 Å². The number of hydrogen-bond acceptors (Lipinski definition) is 5. The molecule has 1 unspecified atom stereocenters. The molecule has 1 aliphatic heterocycles. The molecule has 1 aliphatic rings. The van der Waals surface area contributed by atoms with Crippen molar-refractivity contribution in [1.29, 1.82) is 0 Å². The number of nitrogens with zero attached hydrogens (tertiary/aromatic N) is 2. The third-order valence-electron chi connectivity index (χ3n) is 2.74. The molecule has 1 aromatic heterocycles. The number of hydrogen-bond donors (Lipinski definition) is 0. The van der Waals surface area contributed by atoms with Crippen molar-refractivity contribution in [2.24, 2.45) is 4.99 Å². The fourth-order valence-corrected chi connectivity index (χ4v) is 5.56. The molecule has 0 aliphatic carbocycles. The van der Waals surface area contributed by atoms with Gasteiger partial charge in [-0.2, -0.15) is 4.31 Å². The molecule has 1 aromatic rings. The molecule has 1 fully saturated rings. The number of aliphatic imine (C=N–C) groups is 1. The summed E-state index contributed by atoms with van der Waals surface area (Å²) in [6.45, 7) is 0.732. The van der Waals surface area contributed by atoms with Crippen molar-refractivity contribution >= 4 is 43.4 Å². The predicted molar refractivity (Wildman–Crippen MR) is 71.9 cm³/mol. The van der Waals surface area contributed by atoms with Crippen LogP contribution in [0.5, 0.6) is 0 Å². The Bertz CT molecular complexity index is 578. The first-order chi connectivity index (χ1) is 8.54. The van der Waals surface area contributed by atoms with Gasteiger partial charge in [0, 0.05) is 13.1 Å². The van der Waals surface area contributed by atoms with Crippen LogP contribution in [0.3, 0.4) is 0 Å². The summed E-state index contributed by atoms with van der Waals surface area (Å²) in [6.07, 6.45) is 2.94. The SMILES string of the molecule is O=C=NC1CCCN(S(=O)(=O)c2ccc(Br)s2)C1. The van der Waals surface area contributed by atoms with Gasteiger partial charge in [0.25, 0.3) is 10.0 Å². The number of sulfonamides is 1. The molecule has 0 saturated carbocycles. The molecule has 2 rings (SSSR count). The third-order valence-corrected chi connectivity index (χ3v) is 6.69. The van der Waals surface area contributed by atoms with Crippen LogP contribution in [0.2, 0.25) is 0 Å². The molecule has 0 aromatic carbocycles. The zero-order chi connectivity index (χ0) is 13.2. The van der Waals surface area contributed by atoms with E-state index in [0.717, 1.165) is 10.2 Å². The monoisotopic (exact) mass is 350 g/mol. The average molecular weight is 351 g/mol. The van der Waals surface area contributed by atoms with Crippen LogP contribution in [0.1, 0.15) is 12.8 Å². The molecule has 0 N–H and O–H groups in total. The predicted octanol–water partition coefficient (Wildman–Crippen LogP) is 2.00. The zero-order valence-electron chi connectivity index (χ0n) is 9.37. The number of carbonyl (C=O) groups excluding carboxylic acids is 1. The van der Waals surface area contributed by atoms with Crippen molar-refractivity contribution in [2.75, 3.05) is 13.1 Å². The Kier molecular flexibility index (Phi) is 4.34. The molecule has 0 radical (unpaired) electrons. The van der Waals surface area contributed by atoms with Gasteiger partial charge in [-0.25, -0.2) is 18.2 Å². The maximum absolute atomic E-state index is 12.3. The Morgan fingerprint density at radius 2 is 2.28 bits per heavy atom. The highest BCUT2D eigenvalue weighted by molar-refractivity contribution is 9.11. The fraction of sp³-hybridized carbons (Fsp3) is 0.500. The maximum atomic E-state index is 12.3. The Labute approximate surface area is 118 Å². The van der Waals surface area contributed by atoms with E-state index in [0.29, 0.717) is 17.2 Å². The molecule has 0 amide bonds. The molecular weight excluding hydrogens is 340 g/mol. The second kappa shape index (κ2) is 5.63. The molecule has 2 heterocycles. The van der Waals surface area contributed by atoms with E-state index in [1.54, 1.807) is 12.1 Å². The summed E-state index contributed by atoms with van der Waals surface area (Å²) in [5.41, 5.74) is 0. The standard InChI is InChI=1S/C10H11BrN2O3S2/c11-9-3-4-10(17-9)18(15,16)13-5-1-2-8(6-13)12-7-14/h3-4,8H,1-2,5-6H2. The lowest BCUT2D eigenvalue weighted by Crippen LogP contribution is -2.41. The van der Waals surface area contributed by atoms with Gasteiger partial charge in [-0.05, 0) is 40.9 Å². The van der Waals surface area contributed by atoms with Crippen LogP contribution in [0.4, 0.5) is 0 Å². The van der Waals surface area contributed by atoms with Gasteiger partial charge < -0.3 is 0 Å². The van der Waals surface area contributed by atoms with Crippen LogP contribution in [0.25, 0.3) is 0 Å². The lowest BCUT2D eigenvalue weighted by molar-refractivity contribution is 0.317. The van der Waals surface area contributed by atoms with Crippen LogP contribution >= 0.6 is 27.3 Å². The van der Waals surface area contributed by atoms with Crippen molar-refractivity contribution in [3.8, 4) is 0 Å². The van der Waals surface area contributed by atoms with Gasteiger partial charge in [-0.15, -0.1) is 11.3 Å². The molecule has 18 heavy (non-hydrogen) atoms. The molecule has 8 heteroatoms. The maximum Gasteiger partial charge on any atom is 0.252 e. The van der Waals surface area contributed by atoms with E-state index in [1.807, 2.05) is 0 Å². The minimum atomic E-state index is -3.46. The lowest BCUT2D eigenvalue weighted by Gasteiger charge is -2.28. The van der Waals surface area contributed by atoms with E-state index in [4.69, 9.17) is 0 Å². The van der Waals surface area contributed by atoms with Crippen LogP contribution in [0, 0.1) is 0 Å². The summed E-state index contributed by atoms with van der Waals surface area (Å²) in [5.74, 6) is 0. The van der Waals surface area contributed by atoms with E-state index >= 15 is 0 Å². The number of halogens is 1. The highest BCUT2D eigenvalue weighted by Crippen LogP contribution is 2.30. The molecule has 0 spiro atoms. The quantitative estimate of drug-likeness (QED) is 0.618. The van der Waals surface area contributed by atoms with Crippen molar-refractivity contribution < 1.29 is 13.2 Å². The van der Waals surface area contributed by atoms with Crippen LogP contribution in [0.15, 0.2) is 25.1 Å². The molecule has 1 atom stereocenters. The Hall–Kier alpha value is -0.530. The van der Waals surface area contributed by atoms with Gasteiger partial charge in [-0.3, -0.25) is 0 Å². The van der Waals surface area contributed by atoms with E-state index in [-0.39, 0.29) is 12.6 Å². The molecular formula is C10H11BrN2O3S2. The fourth-order valence-electron chi connectivity index (χ4n) is 1.88. The second-order valence-corrected chi connectivity index (χ2v) is 8.57. The number of piperidine rings is 1. The second-order valence-electron chi connectivity index (χ2n) is 3.94. The Morgan fingerprint density at radius 3 is 2.89 bits per heavy atom. The number of thiophene rings is 1. The van der Waals surface area contributed by atoms with Crippen molar-refractivity contribution in [2.45, 2.75) is 23.1 Å². The van der Waals surface area contributed by atoms with E-state index in [9.17, 15) is 13.2 Å². The molecule has 0 bridgehead atoms. The van der Waals surface area contributed by atoms with Gasteiger partial charge in [0.05, 0.1) is 9.83 Å². The topological polar surface area (TPSA) is 66.8 Å². The molecule has 1 saturated heterocycles. The smallest absolute Gasteiger partial charge is 0.211 e. The summed E-state index contributed by atoms with van der Waals surface area (Å²) < 4.78 is 27.1. The summed E-state index contributed by atoms with van der Waals surface area (Å²) >= 11 is 4.43. The van der Waals surface area contributed by atoms with Crippen molar-refractivity contribution in [1.82, 2.24) is 4.31 Å². The first-order valence-electron chi connectivity index (χ1n) is 5.36. The van der Waals surface area contributed by atoms with Crippen LogP contribution in [-0.4, -0.2) is 37.9 Å². The van der Waals surface area contributed by atoms with E-state index < -0.39 is 10.0 Å². The lowest BCUT2D eigenvalue weighted by atomic mass is 10.1. The third kappa shape index (κ3) is 2.89. The first kappa shape index (κ1) is 13.9. The highest BCUT2D eigenvalue weighted by atomic mass is 79.9. The van der Waals surface area contributed by atoms with Gasteiger partial charge >= 0.3 is 0 Å². The summed E-state index contributed by atoms with van der Waals surface area (Å²) in [4.78, 5) is 13.9. The average Bonchev–Trinajstić information content (AvgIpc) is 2.77. The van der Waals surface area contributed by atoms with Crippen molar-refractivity contribution in [3.63, 3.8) is 0 Å². The Balaban J connectivity index is 2.22. The van der Waals surface area contributed by atoms with Crippen LogP contribution < -0.4 is 0 Å². The van der Waals surface area contributed by atoms with Gasteiger partial charge in [0.2, 0.25) is 6.08 Å². The number of isocyanates is 1.